The Kier molecular flexibility index (Phi) is 4.57. The molecule has 2 heterocycles. The lowest BCUT2D eigenvalue weighted by Crippen LogP contribution is -2.42. The largest absolute Gasteiger partial charge is 0.466 e. The van der Waals surface area contributed by atoms with Gasteiger partial charge in [-0.3, -0.25) is 9.59 Å². The first-order chi connectivity index (χ1) is 11.1. The number of fused-ring (bicyclic) bond motifs is 1. The zero-order valence-corrected chi connectivity index (χ0v) is 13.6. The number of likely N-dealkylation sites (tertiary alicyclic amines) is 1. The number of nitrogens with zero attached hydrogens (tertiary/aromatic N) is 1. The summed E-state index contributed by atoms with van der Waals surface area (Å²) in [4.78, 5) is 26.2. The Morgan fingerprint density at radius 2 is 2.22 bits per heavy atom. The lowest BCUT2D eigenvalue weighted by atomic mass is 9.98. The van der Waals surface area contributed by atoms with Gasteiger partial charge in [0.25, 0.3) is 5.91 Å². The van der Waals surface area contributed by atoms with Gasteiger partial charge >= 0.3 is 5.97 Å². The van der Waals surface area contributed by atoms with Crippen molar-refractivity contribution in [2.45, 2.75) is 19.8 Å². The van der Waals surface area contributed by atoms with Crippen LogP contribution >= 0.6 is 11.6 Å². The molecule has 23 heavy (non-hydrogen) atoms. The third-order valence-corrected chi connectivity index (χ3v) is 4.25. The summed E-state index contributed by atoms with van der Waals surface area (Å²) in [6, 6.07) is 6.91. The van der Waals surface area contributed by atoms with Crippen LogP contribution in [0.5, 0.6) is 0 Å². The molecule has 122 valence electrons. The van der Waals surface area contributed by atoms with E-state index in [1.165, 1.54) is 0 Å². The van der Waals surface area contributed by atoms with Crippen LogP contribution in [0.1, 0.15) is 30.3 Å². The van der Waals surface area contributed by atoms with Gasteiger partial charge in [-0.1, -0.05) is 11.6 Å². The molecule has 0 spiro atoms. The number of halogens is 1. The summed E-state index contributed by atoms with van der Waals surface area (Å²) in [6.45, 7) is 3.12. The van der Waals surface area contributed by atoms with E-state index in [4.69, 9.17) is 20.8 Å². The van der Waals surface area contributed by atoms with Crippen LogP contribution in [0.3, 0.4) is 0 Å². The number of furan rings is 1. The molecule has 1 aliphatic heterocycles. The number of rotatable bonds is 3. The summed E-state index contributed by atoms with van der Waals surface area (Å²) in [5.41, 5.74) is 0.622. The third kappa shape index (κ3) is 3.34. The first-order valence-electron chi connectivity index (χ1n) is 7.73. The Hall–Kier alpha value is -2.01. The van der Waals surface area contributed by atoms with Crippen molar-refractivity contribution in [1.29, 1.82) is 0 Å². The van der Waals surface area contributed by atoms with Gasteiger partial charge in [-0.05, 0) is 44.0 Å². The smallest absolute Gasteiger partial charge is 0.310 e. The first kappa shape index (κ1) is 15.9. The highest BCUT2D eigenvalue weighted by Gasteiger charge is 2.31. The fourth-order valence-electron chi connectivity index (χ4n) is 2.89. The topological polar surface area (TPSA) is 59.8 Å². The van der Waals surface area contributed by atoms with Crippen LogP contribution in [-0.4, -0.2) is 36.5 Å². The lowest BCUT2D eigenvalue weighted by molar-refractivity contribution is -0.149. The number of hydrogen-bond acceptors (Lipinski definition) is 4. The molecule has 2 aromatic rings. The molecular weight excluding hydrogens is 318 g/mol. The Balaban J connectivity index is 1.77. The van der Waals surface area contributed by atoms with E-state index in [1.54, 1.807) is 36.1 Å². The number of esters is 1. The third-order valence-electron chi connectivity index (χ3n) is 4.02. The van der Waals surface area contributed by atoms with Crippen LogP contribution in [-0.2, 0) is 9.53 Å². The first-order valence-corrected chi connectivity index (χ1v) is 8.11. The fraction of sp³-hybridized carbons (Fsp3) is 0.412. The molecule has 1 amide bonds. The quantitative estimate of drug-likeness (QED) is 0.805. The summed E-state index contributed by atoms with van der Waals surface area (Å²) in [5.74, 6) is -0.425. The molecule has 1 atom stereocenters. The molecule has 5 nitrogen and oxygen atoms in total. The average molecular weight is 336 g/mol. The van der Waals surface area contributed by atoms with Crippen molar-refractivity contribution in [2.75, 3.05) is 19.7 Å². The molecule has 0 aliphatic carbocycles. The van der Waals surface area contributed by atoms with Crippen molar-refractivity contribution in [1.82, 2.24) is 4.90 Å². The minimum absolute atomic E-state index is 0.202. The van der Waals surface area contributed by atoms with Crippen LogP contribution in [0, 0.1) is 5.92 Å². The lowest BCUT2D eigenvalue weighted by Gasteiger charge is -2.30. The Labute approximate surface area is 139 Å². The van der Waals surface area contributed by atoms with Crippen molar-refractivity contribution >= 4 is 34.4 Å². The van der Waals surface area contributed by atoms with E-state index in [9.17, 15) is 9.59 Å². The number of hydrogen-bond donors (Lipinski definition) is 0. The number of amides is 1. The van der Waals surface area contributed by atoms with E-state index >= 15 is 0 Å². The van der Waals surface area contributed by atoms with Gasteiger partial charge in [-0.15, -0.1) is 0 Å². The second-order valence-corrected chi connectivity index (χ2v) is 6.07. The maximum absolute atomic E-state index is 12.6. The summed E-state index contributed by atoms with van der Waals surface area (Å²) in [7, 11) is 0. The highest BCUT2D eigenvalue weighted by atomic mass is 35.5. The summed E-state index contributed by atoms with van der Waals surface area (Å²) >= 11 is 5.95. The van der Waals surface area contributed by atoms with Crippen molar-refractivity contribution in [3.05, 3.63) is 35.0 Å². The number of ether oxygens (including phenoxy) is 1. The van der Waals surface area contributed by atoms with Crippen molar-refractivity contribution in [2.24, 2.45) is 5.92 Å². The number of carbonyl (C=O) groups excluding carboxylic acids is 2. The van der Waals surface area contributed by atoms with Gasteiger partial charge in [0, 0.05) is 23.5 Å². The predicted octanol–water partition coefficient (Wildman–Crippen LogP) is 3.50. The van der Waals surface area contributed by atoms with Crippen LogP contribution in [0.15, 0.2) is 28.7 Å². The predicted molar refractivity (Wildman–Crippen MR) is 86.5 cm³/mol. The maximum atomic E-state index is 12.6. The van der Waals surface area contributed by atoms with E-state index in [-0.39, 0.29) is 23.6 Å². The molecule has 6 heteroatoms. The molecule has 1 aliphatic rings. The zero-order valence-electron chi connectivity index (χ0n) is 12.9. The van der Waals surface area contributed by atoms with Gasteiger partial charge in [0.15, 0.2) is 5.76 Å². The maximum Gasteiger partial charge on any atom is 0.310 e. The van der Waals surface area contributed by atoms with Crippen molar-refractivity contribution in [3.63, 3.8) is 0 Å². The second-order valence-electron chi connectivity index (χ2n) is 5.64. The van der Waals surface area contributed by atoms with Crippen LogP contribution < -0.4 is 0 Å². The summed E-state index contributed by atoms with van der Waals surface area (Å²) in [6.07, 6.45) is 1.53. The molecule has 0 N–H and O–H groups in total. The van der Waals surface area contributed by atoms with Gasteiger partial charge < -0.3 is 14.1 Å². The van der Waals surface area contributed by atoms with E-state index in [0.717, 1.165) is 18.2 Å². The van der Waals surface area contributed by atoms with Crippen molar-refractivity contribution in [3.8, 4) is 0 Å². The standard InChI is InChI=1S/C17H18ClNO4/c1-2-22-17(21)11-4-3-7-19(10-11)16(20)15-9-12-8-13(18)5-6-14(12)23-15/h5-6,8-9,11H,2-4,7,10H2,1H3. The summed E-state index contributed by atoms with van der Waals surface area (Å²) < 4.78 is 10.7. The molecule has 3 rings (SSSR count). The Morgan fingerprint density at radius 1 is 1.39 bits per heavy atom. The van der Waals surface area contributed by atoms with Gasteiger partial charge in [0.1, 0.15) is 5.58 Å². The monoisotopic (exact) mass is 335 g/mol. The highest BCUT2D eigenvalue weighted by molar-refractivity contribution is 6.31. The van der Waals surface area contributed by atoms with E-state index in [0.29, 0.717) is 30.3 Å². The van der Waals surface area contributed by atoms with Gasteiger partial charge in [0.2, 0.25) is 0 Å². The fourth-order valence-corrected chi connectivity index (χ4v) is 3.07. The molecule has 1 fully saturated rings. The zero-order chi connectivity index (χ0) is 16.4. The van der Waals surface area contributed by atoms with E-state index in [1.807, 2.05) is 0 Å². The molecule has 0 bridgehead atoms. The minimum atomic E-state index is -0.258. The number of carbonyl (C=O) groups is 2. The van der Waals surface area contributed by atoms with Crippen LogP contribution in [0.25, 0.3) is 11.0 Å². The normalized spacial score (nSPS) is 18.2. The Bertz CT molecular complexity index is 739. The highest BCUT2D eigenvalue weighted by Crippen LogP contribution is 2.25. The SMILES string of the molecule is CCOC(=O)C1CCCN(C(=O)c2cc3cc(Cl)ccc3o2)C1. The second kappa shape index (κ2) is 6.62. The Morgan fingerprint density at radius 3 is 3.00 bits per heavy atom. The summed E-state index contributed by atoms with van der Waals surface area (Å²) in [5, 5.41) is 1.39. The molecule has 0 radical (unpaired) electrons. The van der Waals surface area contributed by atoms with Crippen molar-refractivity contribution < 1.29 is 18.7 Å². The minimum Gasteiger partial charge on any atom is -0.466 e. The molecule has 1 aromatic carbocycles. The molecule has 1 unspecified atom stereocenters. The molecular formula is C17H18ClNO4. The van der Waals surface area contributed by atoms with Gasteiger partial charge in [-0.25, -0.2) is 0 Å². The number of piperidine rings is 1. The van der Waals surface area contributed by atoms with E-state index in [2.05, 4.69) is 0 Å². The van der Waals surface area contributed by atoms with Crippen LogP contribution in [0.2, 0.25) is 5.02 Å². The van der Waals surface area contributed by atoms with Gasteiger partial charge in [-0.2, -0.15) is 0 Å². The molecule has 1 aromatic heterocycles. The van der Waals surface area contributed by atoms with Gasteiger partial charge in [0.05, 0.1) is 12.5 Å². The molecule has 0 saturated carbocycles. The van der Waals surface area contributed by atoms with Crippen LogP contribution in [0.4, 0.5) is 0 Å². The molecule has 1 saturated heterocycles. The van der Waals surface area contributed by atoms with E-state index < -0.39 is 0 Å². The number of benzene rings is 1. The average Bonchev–Trinajstić information content (AvgIpc) is 2.97.